The molecular weight excluding hydrogens is 530 g/mol. The van der Waals surface area contributed by atoms with E-state index in [2.05, 4.69) is 20.4 Å². The molecule has 0 aliphatic rings. The molecule has 0 aliphatic carbocycles. The van der Waals surface area contributed by atoms with Gasteiger partial charge in [-0.2, -0.15) is 18.3 Å². The second-order valence-corrected chi connectivity index (χ2v) is 8.94. The number of hydrogen-bond acceptors (Lipinski definition) is 7. The van der Waals surface area contributed by atoms with Crippen LogP contribution in [0.1, 0.15) is 31.7 Å². The standard InChI is InChI=1S/C24H22ClF4N7O2/c1-2-13(33-18-11-32-35-22(37)19(18)24(27,28)29)4-3-6-36-7-5-12-8-15(17(26)9-14(12)23(36)38)21-31-10-16(25)20(30)34-21/h5,7-11,13H,2-4,6H2,1H3,(H2,30,31,34)(H2,33,35,37). The molecule has 1 aromatic carbocycles. The molecule has 1 atom stereocenters. The zero-order valence-corrected chi connectivity index (χ0v) is 20.7. The summed E-state index contributed by atoms with van der Waals surface area (Å²) >= 11 is 5.83. The largest absolute Gasteiger partial charge is 0.423 e. The first-order valence-corrected chi connectivity index (χ1v) is 11.9. The molecule has 200 valence electrons. The van der Waals surface area contributed by atoms with Crippen LogP contribution in [0.15, 0.2) is 46.4 Å². The van der Waals surface area contributed by atoms with Crippen LogP contribution in [-0.2, 0) is 12.7 Å². The molecule has 0 fully saturated rings. The number of aromatic nitrogens is 5. The van der Waals surface area contributed by atoms with Crippen molar-refractivity contribution in [3.63, 3.8) is 0 Å². The van der Waals surface area contributed by atoms with Gasteiger partial charge in [0.15, 0.2) is 5.82 Å². The Labute approximate surface area is 217 Å². The Morgan fingerprint density at radius 2 is 2.00 bits per heavy atom. The highest BCUT2D eigenvalue weighted by molar-refractivity contribution is 6.32. The molecule has 0 radical (unpaired) electrons. The van der Waals surface area contributed by atoms with Crippen molar-refractivity contribution in [3.05, 3.63) is 73.9 Å². The zero-order chi connectivity index (χ0) is 27.6. The van der Waals surface area contributed by atoms with Crippen LogP contribution in [0.3, 0.4) is 0 Å². The predicted octanol–water partition coefficient (Wildman–Crippen LogP) is 4.61. The second-order valence-electron chi connectivity index (χ2n) is 8.54. The van der Waals surface area contributed by atoms with Crippen LogP contribution in [0.4, 0.5) is 29.1 Å². The Balaban J connectivity index is 1.50. The van der Waals surface area contributed by atoms with Crippen LogP contribution in [-0.4, -0.2) is 30.8 Å². The van der Waals surface area contributed by atoms with E-state index in [1.807, 2.05) is 0 Å². The number of aromatic amines is 1. The van der Waals surface area contributed by atoms with Crippen molar-refractivity contribution in [2.45, 2.75) is 44.9 Å². The molecule has 0 bridgehead atoms. The Bertz CT molecular complexity index is 1600. The second kappa shape index (κ2) is 10.8. The summed E-state index contributed by atoms with van der Waals surface area (Å²) in [5.41, 5.74) is 2.23. The monoisotopic (exact) mass is 551 g/mol. The van der Waals surface area contributed by atoms with Crippen LogP contribution < -0.4 is 22.2 Å². The van der Waals surface area contributed by atoms with E-state index in [4.69, 9.17) is 17.3 Å². The van der Waals surface area contributed by atoms with E-state index in [1.165, 1.54) is 16.8 Å². The van der Waals surface area contributed by atoms with Crippen molar-refractivity contribution in [3.8, 4) is 11.4 Å². The molecule has 0 saturated heterocycles. The number of nitrogens with two attached hydrogens (primary N) is 1. The van der Waals surface area contributed by atoms with Crippen molar-refractivity contribution in [2.24, 2.45) is 0 Å². The van der Waals surface area contributed by atoms with Gasteiger partial charge in [0.05, 0.1) is 29.0 Å². The quantitative estimate of drug-likeness (QED) is 0.273. The molecule has 0 aliphatic heterocycles. The Morgan fingerprint density at radius 1 is 1.24 bits per heavy atom. The van der Waals surface area contributed by atoms with Crippen LogP contribution >= 0.6 is 11.6 Å². The lowest BCUT2D eigenvalue weighted by Gasteiger charge is -2.20. The highest BCUT2D eigenvalue weighted by atomic mass is 35.5. The predicted molar refractivity (Wildman–Crippen MR) is 135 cm³/mol. The molecular formula is C24H22ClF4N7O2. The van der Waals surface area contributed by atoms with Gasteiger partial charge < -0.3 is 15.6 Å². The Morgan fingerprint density at radius 3 is 2.68 bits per heavy atom. The minimum atomic E-state index is -4.85. The molecule has 0 saturated carbocycles. The van der Waals surface area contributed by atoms with Gasteiger partial charge >= 0.3 is 6.18 Å². The SMILES string of the molecule is CCC(CCCn1ccc2cc(-c3ncc(Cl)c(N)n3)c(F)cc2c1=O)Nc1cn[nH]c(=O)c1C(F)(F)F. The summed E-state index contributed by atoms with van der Waals surface area (Å²) < 4.78 is 56.3. The van der Waals surface area contributed by atoms with Gasteiger partial charge in [-0.25, -0.2) is 19.5 Å². The van der Waals surface area contributed by atoms with Crippen LogP contribution in [0.5, 0.6) is 0 Å². The number of hydrogen-bond donors (Lipinski definition) is 3. The summed E-state index contributed by atoms with van der Waals surface area (Å²) in [5, 5.41) is 8.74. The van der Waals surface area contributed by atoms with E-state index in [0.29, 0.717) is 24.6 Å². The third-order valence-electron chi connectivity index (χ3n) is 6.02. The first-order chi connectivity index (χ1) is 18.0. The highest BCUT2D eigenvalue weighted by Crippen LogP contribution is 2.32. The maximum atomic E-state index is 14.9. The fourth-order valence-electron chi connectivity index (χ4n) is 4.06. The van der Waals surface area contributed by atoms with Crippen molar-refractivity contribution < 1.29 is 17.6 Å². The maximum absolute atomic E-state index is 14.9. The maximum Gasteiger partial charge on any atom is 0.423 e. The number of fused-ring (bicyclic) bond motifs is 1. The van der Waals surface area contributed by atoms with Gasteiger partial charge in [-0.3, -0.25) is 9.59 Å². The summed E-state index contributed by atoms with van der Waals surface area (Å²) in [6.07, 6.45) is 0.169. The average Bonchev–Trinajstić information content (AvgIpc) is 2.85. The number of nitrogens with one attached hydrogen (secondary N) is 2. The van der Waals surface area contributed by atoms with Gasteiger partial charge in [0, 0.05) is 18.8 Å². The van der Waals surface area contributed by atoms with E-state index >= 15 is 0 Å². The average molecular weight is 552 g/mol. The van der Waals surface area contributed by atoms with Crippen LogP contribution in [0, 0.1) is 5.82 Å². The molecule has 4 aromatic rings. The van der Waals surface area contributed by atoms with Crippen molar-refractivity contribution in [1.29, 1.82) is 0 Å². The van der Waals surface area contributed by atoms with Crippen molar-refractivity contribution in [1.82, 2.24) is 24.7 Å². The molecule has 14 heteroatoms. The number of benzene rings is 1. The minimum Gasteiger partial charge on any atom is -0.382 e. The number of rotatable bonds is 8. The zero-order valence-electron chi connectivity index (χ0n) is 19.9. The molecule has 3 heterocycles. The molecule has 0 amide bonds. The van der Waals surface area contributed by atoms with Crippen LogP contribution in [0.2, 0.25) is 5.02 Å². The van der Waals surface area contributed by atoms with Crippen molar-refractivity contribution in [2.75, 3.05) is 11.1 Å². The third kappa shape index (κ3) is 5.62. The Kier molecular flexibility index (Phi) is 7.67. The number of halogens is 5. The number of pyridine rings is 1. The number of anilines is 2. The lowest BCUT2D eigenvalue weighted by atomic mass is 10.1. The fraction of sp³-hybridized carbons (Fsp3) is 0.292. The first kappa shape index (κ1) is 27.0. The molecule has 38 heavy (non-hydrogen) atoms. The van der Waals surface area contributed by atoms with E-state index < -0.39 is 40.4 Å². The summed E-state index contributed by atoms with van der Waals surface area (Å²) in [6, 6.07) is 3.78. The number of alkyl halides is 3. The van der Waals surface area contributed by atoms with E-state index in [9.17, 15) is 27.2 Å². The molecule has 9 nitrogen and oxygen atoms in total. The molecule has 1 unspecified atom stereocenters. The van der Waals surface area contributed by atoms with E-state index in [0.717, 1.165) is 12.3 Å². The van der Waals surface area contributed by atoms with E-state index in [-0.39, 0.29) is 34.2 Å². The van der Waals surface area contributed by atoms with Gasteiger partial charge in [0.25, 0.3) is 11.1 Å². The molecule has 3 aromatic heterocycles. The molecule has 4 N–H and O–H groups in total. The van der Waals surface area contributed by atoms with E-state index in [1.54, 1.807) is 24.3 Å². The minimum absolute atomic E-state index is 0.00332. The Hall–Kier alpha value is -4.00. The number of nitrogen functional groups attached to an aromatic ring is 1. The van der Waals surface area contributed by atoms with Gasteiger partial charge in [0.2, 0.25) is 0 Å². The lowest BCUT2D eigenvalue weighted by molar-refractivity contribution is -0.138. The lowest BCUT2D eigenvalue weighted by Crippen LogP contribution is -2.28. The first-order valence-electron chi connectivity index (χ1n) is 11.5. The van der Waals surface area contributed by atoms with Gasteiger partial charge in [-0.05, 0) is 42.8 Å². The van der Waals surface area contributed by atoms with Crippen molar-refractivity contribution >= 4 is 33.9 Å². The number of nitrogens with zero attached hydrogens (tertiary/aromatic N) is 4. The summed E-state index contributed by atoms with van der Waals surface area (Å²) in [6.45, 7) is 2.03. The van der Waals surface area contributed by atoms with Crippen LogP contribution in [0.25, 0.3) is 22.2 Å². The molecule has 4 rings (SSSR count). The normalized spacial score (nSPS) is 12.6. The summed E-state index contributed by atoms with van der Waals surface area (Å²) in [5.74, 6) is -0.689. The summed E-state index contributed by atoms with van der Waals surface area (Å²) in [4.78, 5) is 32.7. The molecule has 0 spiro atoms. The van der Waals surface area contributed by atoms with Gasteiger partial charge in [-0.15, -0.1) is 0 Å². The fourth-order valence-corrected chi connectivity index (χ4v) is 4.15. The van der Waals surface area contributed by atoms with Gasteiger partial charge in [0.1, 0.15) is 22.2 Å². The smallest absolute Gasteiger partial charge is 0.382 e. The third-order valence-corrected chi connectivity index (χ3v) is 6.31. The number of H-pyrrole nitrogens is 1. The highest BCUT2D eigenvalue weighted by Gasteiger charge is 2.37. The summed E-state index contributed by atoms with van der Waals surface area (Å²) in [7, 11) is 0. The van der Waals surface area contributed by atoms with Gasteiger partial charge in [-0.1, -0.05) is 18.5 Å². The topological polar surface area (TPSA) is 132 Å². The number of aryl methyl sites for hydroxylation is 1.